The fourth-order valence-electron chi connectivity index (χ4n) is 0.785. The van der Waals surface area contributed by atoms with E-state index in [0.29, 0.717) is 0 Å². The maximum absolute atomic E-state index is 5.38. The summed E-state index contributed by atoms with van der Waals surface area (Å²) in [5, 5.41) is 0. The maximum atomic E-state index is 5.38. The summed E-state index contributed by atoms with van der Waals surface area (Å²) in [6, 6.07) is 0. The molecule has 0 spiro atoms. The molecule has 0 fully saturated rings. The molecular weight excluding hydrogens is 235 g/mol. The van der Waals surface area contributed by atoms with Crippen molar-refractivity contribution >= 4 is 19.2 Å². The second-order valence-electron chi connectivity index (χ2n) is 2.65. The summed E-state index contributed by atoms with van der Waals surface area (Å²) in [5.41, 5.74) is 0. The molecule has 0 unspecified atom stereocenters. The molecule has 0 N–H and O–H groups in total. The van der Waals surface area contributed by atoms with Gasteiger partial charge in [0.25, 0.3) is 0 Å². The van der Waals surface area contributed by atoms with Crippen LogP contribution in [0.4, 0.5) is 0 Å². The van der Waals surface area contributed by atoms with E-state index in [1.807, 2.05) is 0 Å². The zero-order chi connectivity index (χ0) is 8.04. The average molecular weight is 253 g/mol. The van der Waals surface area contributed by atoms with Gasteiger partial charge in [0.05, 0.1) is 0 Å². The summed E-state index contributed by atoms with van der Waals surface area (Å²) in [6.45, 7) is 2.19. The van der Waals surface area contributed by atoms with Gasteiger partial charge in [-0.1, -0.05) is 0 Å². The van der Waals surface area contributed by atoms with Gasteiger partial charge in [-0.3, -0.25) is 0 Å². The summed E-state index contributed by atoms with van der Waals surface area (Å²) in [5.74, 6) is 0. The Labute approximate surface area is 68.9 Å². The van der Waals surface area contributed by atoms with Gasteiger partial charge in [-0.05, 0) is 0 Å². The van der Waals surface area contributed by atoms with Crippen molar-refractivity contribution in [1.29, 1.82) is 0 Å². The van der Waals surface area contributed by atoms with Crippen molar-refractivity contribution in [3.63, 3.8) is 0 Å². The molecule has 0 rings (SSSR count). The first-order valence-electron chi connectivity index (χ1n) is 3.79. The Hall–Kier alpha value is 0.719. The molecule has 0 aromatic rings. The minimum absolute atomic E-state index is 1.18. The fourth-order valence-corrected chi connectivity index (χ4v) is 5.27. The molecule has 0 saturated carbocycles. The zero-order valence-corrected chi connectivity index (χ0v) is 10.3. The van der Waals surface area contributed by atoms with Gasteiger partial charge in [0.15, 0.2) is 0 Å². The molecule has 62 valence electrons. The molecule has 3 heteroatoms. The van der Waals surface area contributed by atoms with E-state index in [1.54, 1.807) is 14.2 Å². The van der Waals surface area contributed by atoms with E-state index in [0.717, 1.165) is 0 Å². The third-order valence-corrected chi connectivity index (χ3v) is 10.4. The SMILES string of the molecule is CCC[CH2][Sn]([CH3])([O]C)[O]C. The molecule has 10 heavy (non-hydrogen) atoms. The van der Waals surface area contributed by atoms with Gasteiger partial charge in [0, 0.05) is 0 Å². The Morgan fingerprint density at radius 2 is 1.70 bits per heavy atom. The minimum atomic E-state index is -2.41. The molecule has 0 aliphatic heterocycles. The summed E-state index contributed by atoms with van der Waals surface area (Å²) in [4.78, 5) is 2.17. The quantitative estimate of drug-likeness (QED) is 0.699. The van der Waals surface area contributed by atoms with E-state index in [2.05, 4.69) is 11.9 Å². The van der Waals surface area contributed by atoms with Gasteiger partial charge in [-0.15, -0.1) is 0 Å². The Kier molecular flexibility index (Phi) is 5.77. The number of rotatable bonds is 5. The molecule has 0 bridgehead atoms. The average Bonchev–Trinajstić information content (AvgIpc) is 2.00. The van der Waals surface area contributed by atoms with Gasteiger partial charge < -0.3 is 0 Å². The molecule has 0 saturated heterocycles. The van der Waals surface area contributed by atoms with Crippen molar-refractivity contribution in [2.75, 3.05) is 14.2 Å². The van der Waals surface area contributed by atoms with Crippen molar-refractivity contribution < 1.29 is 6.15 Å². The monoisotopic (exact) mass is 254 g/mol. The molecule has 0 heterocycles. The first-order chi connectivity index (χ1) is 4.68. The van der Waals surface area contributed by atoms with Crippen LogP contribution in [-0.2, 0) is 6.15 Å². The first kappa shape index (κ1) is 10.7. The van der Waals surface area contributed by atoms with Crippen molar-refractivity contribution in [3.05, 3.63) is 0 Å². The fraction of sp³-hybridized carbons (Fsp3) is 1.00. The predicted molar refractivity (Wildman–Crippen MR) is 45.4 cm³/mol. The standard InChI is InChI=1S/C4H9.2CH3O.CH3.Sn/c1-3-4-2;2*1-2;;/h1,3-4H2,2H3;2*1H3;1H3;/q;2*-1;;+2. The van der Waals surface area contributed by atoms with Crippen LogP contribution in [0, 0.1) is 0 Å². The van der Waals surface area contributed by atoms with Crippen LogP contribution in [-0.4, -0.2) is 33.4 Å². The van der Waals surface area contributed by atoms with Crippen LogP contribution in [0.2, 0.25) is 9.38 Å². The molecule has 0 atom stereocenters. The molecule has 0 aromatic heterocycles. The van der Waals surface area contributed by atoms with Crippen molar-refractivity contribution in [2.24, 2.45) is 0 Å². The molecule has 0 amide bonds. The van der Waals surface area contributed by atoms with Crippen LogP contribution >= 0.6 is 0 Å². The number of hydrogen-bond acceptors (Lipinski definition) is 2. The van der Waals surface area contributed by atoms with Crippen LogP contribution in [0.3, 0.4) is 0 Å². The van der Waals surface area contributed by atoms with Gasteiger partial charge in [0.1, 0.15) is 0 Å². The van der Waals surface area contributed by atoms with Crippen LogP contribution in [0.25, 0.3) is 0 Å². The zero-order valence-electron chi connectivity index (χ0n) is 7.44. The second kappa shape index (κ2) is 5.38. The third-order valence-electron chi connectivity index (χ3n) is 1.85. The summed E-state index contributed by atoms with van der Waals surface area (Å²) >= 11 is -2.41. The normalized spacial score (nSPS) is 12.0. The van der Waals surface area contributed by atoms with E-state index in [4.69, 9.17) is 6.15 Å². The van der Waals surface area contributed by atoms with Crippen LogP contribution < -0.4 is 0 Å². The summed E-state index contributed by atoms with van der Waals surface area (Å²) in [7, 11) is 3.55. The van der Waals surface area contributed by atoms with E-state index < -0.39 is 19.2 Å². The molecule has 0 radical (unpaired) electrons. The van der Waals surface area contributed by atoms with E-state index in [-0.39, 0.29) is 0 Å². The number of unbranched alkanes of at least 4 members (excludes halogenated alkanes) is 1. The van der Waals surface area contributed by atoms with Crippen molar-refractivity contribution in [2.45, 2.75) is 29.1 Å². The summed E-state index contributed by atoms with van der Waals surface area (Å²) < 4.78 is 11.9. The van der Waals surface area contributed by atoms with Gasteiger partial charge in [-0.2, -0.15) is 0 Å². The Morgan fingerprint density at radius 3 is 2.00 bits per heavy atom. The first-order valence-corrected chi connectivity index (χ1v) is 11.0. The summed E-state index contributed by atoms with van der Waals surface area (Å²) in [6.07, 6.45) is 2.48. The molecule has 2 nitrogen and oxygen atoms in total. The third kappa shape index (κ3) is 3.78. The molecule has 0 aromatic carbocycles. The topological polar surface area (TPSA) is 18.5 Å². The van der Waals surface area contributed by atoms with Crippen molar-refractivity contribution in [1.82, 2.24) is 0 Å². The Balaban J connectivity index is 3.58. The second-order valence-corrected chi connectivity index (χ2v) is 12.9. The molecular formula is C7H18O2Sn. The van der Waals surface area contributed by atoms with Crippen LogP contribution in [0.1, 0.15) is 19.8 Å². The number of hydrogen-bond donors (Lipinski definition) is 0. The van der Waals surface area contributed by atoms with Gasteiger partial charge >= 0.3 is 68.7 Å². The molecule has 0 aliphatic carbocycles. The van der Waals surface area contributed by atoms with E-state index in [1.165, 1.54) is 17.3 Å². The Morgan fingerprint density at radius 1 is 1.20 bits per heavy atom. The van der Waals surface area contributed by atoms with Gasteiger partial charge in [0.2, 0.25) is 0 Å². The Bertz CT molecular complexity index is 81.7. The van der Waals surface area contributed by atoms with Gasteiger partial charge in [-0.25, -0.2) is 0 Å². The van der Waals surface area contributed by atoms with E-state index in [9.17, 15) is 0 Å². The molecule has 0 aliphatic rings. The van der Waals surface area contributed by atoms with Crippen molar-refractivity contribution in [3.8, 4) is 0 Å². The van der Waals surface area contributed by atoms with Crippen LogP contribution in [0.15, 0.2) is 0 Å². The van der Waals surface area contributed by atoms with E-state index >= 15 is 0 Å². The predicted octanol–water partition coefficient (Wildman–Crippen LogP) is 2.15. The van der Waals surface area contributed by atoms with Crippen LogP contribution in [0.5, 0.6) is 0 Å².